The molecule has 3 aromatic carbocycles. The number of hydrogen-bond acceptors (Lipinski definition) is 7. The number of nitrogens with zero attached hydrogens (tertiary/aromatic N) is 2. The number of hydrogen-bond donors (Lipinski definition) is 2. The third kappa shape index (κ3) is 5.68. The number of nitrogens with one attached hydrogen (secondary N) is 1. The van der Waals surface area contributed by atoms with E-state index in [0.29, 0.717) is 5.56 Å². The van der Waals surface area contributed by atoms with Crippen molar-refractivity contribution in [3.8, 4) is 0 Å². The number of amides is 1. The summed E-state index contributed by atoms with van der Waals surface area (Å²) >= 11 is 0. The van der Waals surface area contributed by atoms with Crippen LogP contribution in [0.1, 0.15) is 55.7 Å². The van der Waals surface area contributed by atoms with Crippen LogP contribution in [0.4, 0.5) is 10.2 Å². The molecule has 0 bridgehead atoms. The maximum absolute atomic E-state index is 16.8. The van der Waals surface area contributed by atoms with E-state index in [0.717, 1.165) is 4.57 Å². The van der Waals surface area contributed by atoms with E-state index >= 15 is 4.39 Å². The van der Waals surface area contributed by atoms with Crippen molar-refractivity contribution in [2.75, 3.05) is 11.9 Å². The van der Waals surface area contributed by atoms with E-state index in [1.807, 2.05) is 0 Å². The van der Waals surface area contributed by atoms with Crippen molar-refractivity contribution in [2.45, 2.75) is 30.8 Å². The molecule has 1 aliphatic rings. The maximum Gasteiger partial charge on any atom is 0.351 e. The molecule has 2 N–H and O–H groups in total. The van der Waals surface area contributed by atoms with Crippen molar-refractivity contribution < 1.29 is 33.4 Å². The van der Waals surface area contributed by atoms with E-state index in [-0.39, 0.29) is 22.5 Å². The summed E-state index contributed by atoms with van der Waals surface area (Å²) in [6.45, 7) is 0.771. The molecule has 11 heteroatoms. The Hall–Kier alpha value is -5.16. The van der Waals surface area contributed by atoms with Crippen LogP contribution in [0, 0.1) is 0 Å². The molecule has 42 heavy (non-hydrogen) atoms. The zero-order valence-corrected chi connectivity index (χ0v) is 22.3. The number of aromatic carboxylic acids is 1. The highest BCUT2D eigenvalue weighted by Crippen LogP contribution is 2.51. The zero-order valence-electron chi connectivity index (χ0n) is 22.3. The van der Waals surface area contributed by atoms with Crippen molar-refractivity contribution in [3.05, 3.63) is 130 Å². The summed E-state index contributed by atoms with van der Waals surface area (Å²) in [5, 5.41) is 12.3. The van der Waals surface area contributed by atoms with Gasteiger partial charge in [0.1, 0.15) is 18.5 Å². The van der Waals surface area contributed by atoms with Gasteiger partial charge in [-0.1, -0.05) is 54.6 Å². The molecule has 1 amide bonds. The number of ether oxygens (including phenoxy) is 2. The lowest BCUT2D eigenvalue weighted by Crippen LogP contribution is -2.39. The number of carbonyl (C=O) groups excluding carboxylic acids is 2. The molecule has 1 aromatic heterocycles. The number of esters is 1. The summed E-state index contributed by atoms with van der Waals surface area (Å²) < 4.78 is 29.2. The van der Waals surface area contributed by atoms with E-state index in [2.05, 4.69) is 10.3 Å². The molecule has 1 aliphatic heterocycles. The molecule has 10 nitrogen and oxygen atoms in total. The van der Waals surface area contributed by atoms with Gasteiger partial charge in [0.05, 0.1) is 17.0 Å². The van der Waals surface area contributed by atoms with Gasteiger partial charge in [-0.15, -0.1) is 0 Å². The van der Waals surface area contributed by atoms with Crippen molar-refractivity contribution in [1.29, 1.82) is 0 Å². The number of benzene rings is 3. The second-order valence-corrected chi connectivity index (χ2v) is 9.84. The number of anilines is 1. The lowest BCUT2D eigenvalue weighted by molar-refractivity contribution is -0.0642. The lowest BCUT2D eigenvalue weighted by atomic mass is 9.80. The molecule has 4 atom stereocenters. The molecule has 0 saturated carbocycles. The fourth-order valence-electron chi connectivity index (χ4n) is 5.09. The molecule has 2 heterocycles. The molecule has 0 unspecified atom stereocenters. The van der Waals surface area contributed by atoms with Crippen molar-refractivity contribution in [3.63, 3.8) is 0 Å². The standard InChI is InChI=1S/C31H26FN3O7/c1-31(32)25(21-14-8-9-15-22(21)27(37)38)23(18-41-28(39)20-12-6-3-7-13-20)42-29(31)35-17-16-24(34-30(35)40)33-26(36)19-10-4-2-5-11-19/h2-17,23,25,29H,18H2,1H3,(H,37,38)(H,33,34,36,40)/t23-,25+,29+,31-/m0/s1. The summed E-state index contributed by atoms with van der Waals surface area (Å²) in [5.41, 5.74) is -2.69. The number of halogens is 1. The summed E-state index contributed by atoms with van der Waals surface area (Å²) in [4.78, 5) is 54.1. The summed E-state index contributed by atoms with van der Waals surface area (Å²) in [5.74, 6) is -3.74. The second kappa shape index (κ2) is 11.8. The maximum atomic E-state index is 16.8. The van der Waals surface area contributed by atoms with Crippen LogP contribution >= 0.6 is 0 Å². The Morgan fingerprint density at radius 1 is 0.976 bits per heavy atom. The SMILES string of the molecule is C[C@]1(F)[C@H](c2ccccc2C(=O)O)[C@H](COC(=O)c2ccccc2)O[C@H]1n1ccc(NC(=O)c2ccccc2)nc1=O. The molecular weight excluding hydrogens is 545 g/mol. The van der Waals surface area contributed by atoms with Crippen LogP contribution in [0.2, 0.25) is 0 Å². The van der Waals surface area contributed by atoms with Gasteiger partial charge in [0.15, 0.2) is 11.9 Å². The quantitative estimate of drug-likeness (QED) is 0.296. The van der Waals surface area contributed by atoms with Gasteiger partial charge in [0.2, 0.25) is 0 Å². The van der Waals surface area contributed by atoms with Gasteiger partial charge in [0, 0.05) is 11.8 Å². The Kier molecular flexibility index (Phi) is 7.94. The molecule has 214 valence electrons. The van der Waals surface area contributed by atoms with Crippen LogP contribution < -0.4 is 11.0 Å². The first-order valence-corrected chi connectivity index (χ1v) is 13.0. The minimum Gasteiger partial charge on any atom is -0.478 e. The fourth-order valence-corrected chi connectivity index (χ4v) is 5.09. The molecule has 4 aromatic rings. The zero-order chi connectivity index (χ0) is 29.9. The topological polar surface area (TPSA) is 137 Å². The Balaban J connectivity index is 1.46. The normalized spacial score (nSPS) is 21.4. The van der Waals surface area contributed by atoms with Crippen LogP contribution in [0.5, 0.6) is 0 Å². The fraction of sp³-hybridized carbons (Fsp3) is 0.194. The van der Waals surface area contributed by atoms with Gasteiger partial charge in [-0.05, 0) is 48.9 Å². The average molecular weight is 572 g/mol. The van der Waals surface area contributed by atoms with Gasteiger partial charge in [-0.3, -0.25) is 9.36 Å². The highest BCUT2D eigenvalue weighted by Gasteiger charge is 2.57. The van der Waals surface area contributed by atoms with Crippen LogP contribution in [-0.2, 0) is 9.47 Å². The largest absolute Gasteiger partial charge is 0.478 e. The third-order valence-electron chi connectivity index (χ3n) is 7.04. The van der Waals surface area contributed by atoms with Gasteiger partial charge >= 0.3 is 17.6 Å². The highest BCUT2D eigenvalue weighted by atomic mass is 19.1. The average Bonchev–Trinajstić information content (AvgIpc) is 3.26. The molecule has 5 rings (SSSR count). The number of carboxylic acid groups (broad SMARTS) is 1. The first kappa shape index (κ1) is 28.4. The molecular formula is C31H26FN3O7. The van der Waals surface area contributed by atoms with Crippen molar-refractivity contribution >= 4 is 23.7 Å². The van der Waals surface area contributed by atoms with Crippen LogP contribution in [-0.4, -0.2) is 50.9 Å². The monoisotopic (exact) mass is 571 g/mol. The van der Waals surface area contributed by atoms with Gasteiger partial charge in [-0.2, -0.15) is 4.98 Å². The lowest BCUT2D eigenvalue weighted by Gasteiger charge is -2.29. The van der Waals surface area contributed by atoms with Crippen LogP contribution in [0.25, 0.3) is 0 Å². The smallest absolute Gasteiger partial charge is 0.351 e. The summed E-state index contributed by atoms with van der Waals surface area (Å²) in [6.07, 6.45) is -1.50. The predicted molar refractivity (Wildman–Crippen MR) is 149 cm³/mol. The Morgan fingerprint density at radius 3 is 2.24 bits per heavy atom. The molecule has 0 spiro atoms. The van der Waals surface area contributed by atoms with Gasteiger partial charge < -0.3 is 19.9 Å². The minimum atomic E-state index is -2.37. The van der Waals surface area contributed by atoms with Gasteiger partial charge in [-0.25, -0.2) is 18.8 Å². The predicted octanol–water partition coefficient (Wildman–Crippen LogP) is 4.46. The van der Waals surface area contributed by atoms with Crippen LogP contribution in [0.15, 0.2) is 102 Å². The number of carboxylic acids is 1. The summed E-state index contributed by atoms with van der Waals surface area (Å²) in [6, 6.07) is 23.7. The summed E-state index contributed by atoms with van der Waals surface area (Å²) in [7, 11) is 0. The van der Waals surface area contributed by atoms with E-state index in [1.165, 1.54) is 37.4 Å². The molecule has 1 saturated heterocycles. The highest BCUT2D eigenvalue weighted by molar-refractivity contribution is 6.03. The first-order chi connectivity index (χ1) is 20.2. The second-order valence-electron chi connectivity index (χ2n) is 9.84. The number of carbonyl (C=O) groups is 3. The minimum absolute atomic E-state index is 0.0511. The number of aromatic nitrogens is 2. The van der Waals surface area contributed by atoms with Crippen molar-refractivity contribution in [2.24, 2.45) is 0 Å². The Morgan fingerprint density at radius 2 is 1.60 bits per heavy atom. The van der Waals surface area contributed by atoms with E-state index in [1.54, 1.807) is 66.7 Å². The number of alkyl halides is 1. The molecule has 0 aliphatic carbocycles. The first-order valence-electron chi connectivity index (χ1n) is 13.0. The number of rotatable bonds is 8. The van der Waals surface area contributed by atoms with E-state index < -0.39 is 54.1 Å². The van der Waals surface area contributed by atoms with E-state index in [9.17, 15) is 24.3 Å². The van der Waals surface area contributed by atoms with Gasteiger partial charge in [0.25, 0.3) is 5.91 Å². The molecule has 0 radical (unpaired) electrons. The van der Waals surface area contributed by atoms with Crippen molar-refractivity contribution in [1.82, 2.24) is 9.55 Å². The Labute approximate surface area is 239 Å². The third-order valence-corrected chi connectivity index (χ3v) is 7.04. The van der Waals surface area contributed by atoms with E-state index in [4.69, 9.17) is 9.47 Å². The van der Waals surface area contributed by atoms with Crippen LogP contribution in [0.3, 0.4) is 0 Å². The Bertz CT molecular complexity index is 1670. The molecule has 1 fully saturated rings.